The van der Waals surface area contributed by atoms with Crippen LogP contribution in [0, 0.1) is 13.8 Å². The molecule has 0 bridgehead atoms. The highest BCUT2D eigenvalue weighted by atomic mass is 32.2. The number of fused-ring (bicyclic) bond motifs is 1. The summed E-state index contributed by atoms with van der Waals surface area (Å²) in [5.74, 6) is 0. The molecule has 17 heavy (non-hydrogen) atoms. The van der Waals surface area contributed by atoms with E-state index in [1.165, 1.54) is 16.7 Å². The van der Waals surface area contributed by atoms with Gasteiger partial charge in [0.2, 0.25) is 0 Å². The quantitative estimate of drug-likeness (QED) is 0.757. The second-order valence-electron chi connectivity index (χ2n) is 4.41. The molecule has 1 aliphatic carbocycles. The summed E-state index contributed by atoms with van der Waals surface area (Å²) in [6.07, 6.45) is 2.61. The Morgan fingerprint density at radius 2 is 1.82 bits per heavy atom. The molecular formula is C12H15NO3S. The molecule has 5 heteroatoms. The minimum absolute atomic E-state index is 0.716. The van der Waals surface area contributed by atoms with Crippen LogP contribution in [0.4, 0.5) is 0 Å². The van der Waals surface area contributed by atoms with Crippen LogP contribution in [0.2, 0.25) is 0 Å². The molecule has 0 atom stereocenters. The highest BCUT2D eigenvalue weighted by molar-refractivity contribution is 7.85. The maximum Gasteiger partial charge on any atom is 0.325 e. The molecule has 0 heterocycles. The Balaban J connectivity index is 2.37. The summed E-state index contributed by atoms with van der Waals surface area (Å²) in [5, 5.41) is 3.74. The molecule has 0 saturated carbocycles. The summed E-state index contributed by atoms with van der Waals surface area (Å²) in [4.78, 5) is 0. The number of hydrogen-bond donors (Lipinski definition) is 0. The lowest BCUT2D eigenvalue weighted by molar-refractivity contribution is 0.342. The molecule has 0 fully saturated rings. The van der Waals surface area contributed by atoms with Gasteiger partial charge < -0.3 is 0 Å². The Labute approximate surface area is 101 Å². The van der Waals surface area contributed by atoms with E-state index in [9.17, 15) is 8.42 Å². The molecule has 0 amide bonds. The Morgan fingerprint density at radius 1 is 1.18 bits per heavy atom. The lowest BCUT2D eigenvalue weighted by atomic mass is 10.0. The van der Waals surface area contributed by atoms with E-state index in [1.807, 2.05) is 13.0 Å². The lowest BCUT2D eigenvalue weighted by Gasteiger charge is -2.05. The SMILES string of the molecule is Cc1cc2c(cc1C)/C(=N/OS(C)(=O)=O)CC2. The second kappa shape index (κ2) is 4.14. The predicted molar refractivity (Wildman–Crippen MR) is 66.7 cm³/mol. The van der Waals surface area contributed by atoms with Crippen LogP contribution < -0.4 is 0 Å². The Bertz CT molecular complexity index is 588. The number of oxime groups is 1. The van der Waals surface area contributed by atoms with Gasteiger partial charge >= 0.3 is 10.1 Å². The largest absolute Gasteiger partial charge is 0.325 e. The average molecular weight is 253 g/mol. The third kappa shape index (κ3) is 2.66. The van der Waals surface area contributed by atoms with Gasteiger partial charge in [-0.2, -0.15) is 8.42 Å². The molecule has 0 spiro atoms. The van der Waals surface area contributed by atoms with Gasteiger partial charge in [0.05, 0.1) is 12.0 Å². The van der Waals surface area contributed by atoms with E-state index in [-0.39, 0.29) is 0 Å². The van der Waals surface area contributed by atoms with Crippen molar-refractivity contribution in [3.05, 3.63) is 34.4 Å². The first kappa shape index (κ1) is 12.1. The van der Waals surface area contributed by atoms with Crippen molar-refractivity contribution in [2.75, 3.05) is 6.26 Å². The van der Waals surface area contributed by atoms with Crippen LogP contribution in [-0.4, -0.2) is 20.4 Å². The molecule has 0 N–H and O–H groups in total. The van der Waals surface area contributed by atoms with Crippen molar-refractivity contribution in [2.24, 2.45) is 5.16 Å². The van der Waals surface area contributed by atoms with Gasteiger partial charge in [-0.15, -0.1) is 0 Å². The summed E-state index contributed by atoms with van der Waals surface area (Å²) in [6.45, 7) is 4.10. The number of hydrogen-bond acceptors (Lipinski definition) is 4. The Kier molecular flexibility index (Phi) is 2.95. The van der Waals surface area contributed by atoms with Crippen molar-refractivity contribution in [2.45, 2.75) is 26.7 Å². The fraction of sp³-hybridized carbons (Fsp3) is 0.417. The summed E-state index contributed by atoms with van der Waals surface area (Å²) in [7, 11) is -3.52. The van der Waals surface area contributed by atoms with Gasteiger partial charge in [-0.3, -0.25) is 4.28 Å². The van der Waals surface area contributed by atoms with Gasteiger partial charge in [0.1, 0.15) is 0 Å². The van der Waals surface area contributed by atoms with Crippen molar-refractivity contribution in [3.63, 3.8) is 0 Å². The van der Waals surface area contributed by atoms with E-state index in [4.69, 9.17) is 0 Å². The van der Waals surface area contributed by atoms with Crippen molar-refractivity contribution in [1.82, 2.24) is 0 Å². The van der Waals surface area contributed by atoms with E-state index in [1.54, 1.807) is 0 Å². The summed E-state index contributed by atoms with van der Waals surface area (Å²) >= 11 is 0. The van der Waals surface area contributed by atoms with Crippen LogP contribution >= 0.6 is 0 Å². The standard InChI is InChI=1S/C12H15NO3S/c1-8-6-10-4-5-12(11(10)7-9(8)2)13-16-17(3,14)15/h6-7H,4-5H2,1-3H3/b13-12+. The van der Waals surface area contributed by atoms with Gasteiger partial charge in [-0.1, -0.05) is 11.2 Å². The maximum absolute atomic E-state index is 10.9. The van der Waals surface area contributed by atoms with Crippen LogP contribution in [0.25, 0.3) is 0 Å². The molecule has 0 unspecified atom stereocenters. The summed E-state index contributed by atoms with van der Waals surface area (Å²) in [5.41, 5.74) is 5.36. The zero-order valence-electron chi connectivity index (χ0n) is 10.1. The minimum Gasteiger partial charge on any atom is -0.268 e. The molecule has 0 radical (unpaired) electrons. The maximum atomic E-state index is 10.9. The molecule has 92 valence electrons. The third-order valence-electron chi connectivity index (χ3n) is 2.94. The van der Waals surface area contributed by atoms with Crippen LogP contribution in [0.15, 0.2) is 17.3 Å². The van der Waals surface area contributed by atoms with Crippen LogP contribution in [0.5, 0.6) is 0 Å². The topological polar surface area (TPSA) is 55.7 Å². The second-order valence-corrected chi connectivity index (χ2v) is 5.97. The molecule has 1 aliphatic rings. The van der Waals surface area contributed by atoms with Crippen LogP contribution in [-0.2, 0) is 20.8 Å². The number of rotatable bonds is 2. The predicted octanol–water partition coefficient (Wildman–Crippen LogP) is 1.93. The first-order valence-corrected chi connectivity index (χ1v) is 7.24. The van der Waals surface area contributed by atoms with E-state index >= 15 is 0 Å². The third-order valence-corrected chi connectivity index (χ3v) is 3.29. The monoisotopic (exact) mass is 253 g/mol. The molecule has 0 aromatic heterocycles. The van der Waals surface area contributed by atoms with Gasteiger partial charge in [0.15, 0.2) is 0 Å². The van der Waals surface area contributed by atoms with Gasteiger partial charge in [-0.05, 0) is 49.4 Å². The Hall–Kier alpha value is -1.36. The normalized spacial score (nSPS) is 17.2. The van der Waals surface area contributed by atoms with Gasteiger partial charge in [0, 0.05) is 5.56 Å². The summed E-state index contributed by atoms with van der Waals surface area (Å²) in [6, 6.07) is 4.18. The highest BCUT2D eigenvalue weighted by Crippen LogP contribution is 2.26. The lowest BCUT2D eigenvalue weighted by Crippen LogP contribution is -2.02. The zero-order chi connectivity index (χ0) is 12.6. The highest BCUT2D eigenvalue weighted by Gasteiger charge is 2.19. The number of benzene rings is 1. The van der Waals surface area contributed by atoms with Crippen molar-refractivity contribution < 1.29 is 12.7 Å². The minimum atomic E-state index is -3.52. The van der Waals surface area contributed by atoms with E-state index in [2.05, 4.69) is 22.4 Å². The molecule has 0 saturated heterocycles. The average Bonchev–Trinajstić information content (AvgIpc) is 2.57. The first-order valence-electron chi connectivity index (χ1n) is 5.43. The van der Waals surface area contributed by atoms with E-state index in [0.29, 0.717) is 5.71 Å². The molecule has 2 rings (SSSR count). The van der Waals surface area contributed by atoms with Crippen LogP contribution in [0.3, 0.4) is 0 Å². The zero-order valence-corrected chi connectivity index (χ0v) is 11.0. The summed E-state index contributed by atoms with van der Waals surface area (Å²) < 4.78 is 26.3. The molecule has 4 nitrogen and oxygen atoms in total. The number of nitrogens with zero attached hydrogens (tertiary/aromatic N) is 1. The van der Waals surface area contributed by atoms with Crippen molar-refractivity contribution >= 4 is 15.8 Å². The van der Waals surface area contributed by atoms with E-state index in [0.717, 1.165) is 24.7 Å². The van der Waals surface area contributed by atoms with Gasteiger partial charge in [0.25, 0.3) is 0 Å². The molecule has 1 aromatic carbocycles. The molecule has 1 aromatic rings. The van der Waals surface area contributed by atoms with Crippen molar-refractivity contribution in [1.29, 1.82) is 0 Å². The van der Waals surface area contributed by atoms with E-state index < -0.39 is 10.1 Å². The number of aryl methyl sites for hydroxylation is 3. The first-order chi connectivity index (χ1) is 7.87. The Morgan fingerprint density at radius 3 is 2.47 bits per heavy atom. The van der Waals surface area contributed by atoms with Gasteiger partial charge in [-0.25, -0.2) is 0 Å². The fourth-order valence-electron chi connectivity index (χ4n) is 1.95. The molecular weight excluding hydrogens is 238 g/mol. The van der Waals surface area contributed by atoms with Crippen molar-refractivity contribution in [3.8, 4) is 0 Å². The molecule has 0 aliphatic heterocycles. The van der Waals surface area contributed by atoms with Crippen LogP contribution in [0.1, 0.15) is 28.7 Å². The fourth-order valence-corrected chi connectivity index (χ4v) is 2.17. The smallest absolute Gasteiger partial charge is 0.268 e.